The van der Waals surface area contributed by atoms with Crippen LogP contribution in [0.1, 0.15) is 31.2 Å². The van der Waals surface area contributed by atoms with Gasteiger partial charge in [0.1, 0.15) is 5.69 Å². The number of hydrogen-bond acceptors (Lipinski definition) is 5. The number of nitro benzene ring substituents is 1. The van der Waals surface area contributed by atoms with E-state index in [4.69, 9.17) is 5.73 Å². The van der Waals surface area contributed by atoms with Crippen LogP contribution in [0.5, 0.6) is 0 Å². The van der Waals surface area contributed by atoms with Crippen LogP contribution in [-0.2, 0) is 11.2 Å². The van der Waals surface area contributed by atoms with Crippen molar-refractivity contribution in [3.63, 3.8) is 0 Å². The highest BCUT2D eigenvalue weighted by Crippen LogP contribution is 2.35. The summed E-state index contributed by atoms with van der Waals surface area (Å²) >= 11 is 0. The largest absolute Gasteiger partial charge is 0.375 e. The van der Waals surface area contributed by atoms with Gasteiger partial charge in [0.15, 0.2) is 0 Å². The summed E-state index contributed by atoms with van der Waals surface area (Å²) in [5.41, 5.74) is 7.84. The molecule has 0 bridgehead atoms. The molecule has 4 N–H and O–H groups in total. The number of amides is 1. The van der Waals surface area contributed by atoms with Gasteiger partial charge >= 0.3 is 0 Å². The van der Waals surface area contributed by atoms with E-state index < -0.39 is 4.92 Å². The summed E-state index contributed by atoms with van der Waals surface area (Å²) in [6.45, 7) is 0. The molecule has 2 atom stereocenters. The minimum Gasteiger partial charge on any atom is -0.375 e. The average molecular weight is 290 g/mol. The van der Waals surface area contributed by atoms with Gasteiger partial charge in [0.25, 0.3) is 5.69 Å². The maximum absolute atomic E-state index is 11.4. The van der Waals surface area contributed by atoms with Gasteiger partial charge in [0, 0.05) is 23.8 Å². The summed E-state index contributed by atoms with van der Waals surface area (Å²) in [4.78, 5) is 22.3. The molecule has 7 heteroatoms. The summed E-state index contributed by atoms with van der Waals surface area (Å²) in [6.07, 6.45) is 4.19. The molecule has 2 unspecified atom stereocenters. The predicted molar refractivity (Wildman–Crippen MR) is 79.3 cm³/mol. The zero-order valence-corrected chi connectivity index (χ0v) is 11.6. The van der Waals surface area contributed by atoms with Gasteiger partial charge in [0.2, 0.25) is 5.91 Å². The fourth-order valence-corrected chi connectivity index (χ4v) is 3.07. The van der Waals surface area contributed by atoms with Crippen LogP contribution in [0.4, 0.5) is 17.1 Å². The highest BCUT2D eigenvalue weighted by molar-refractivity contribution is 6.00. The van der Waals surface area contributed by atoms with Crippen molar-refractivity contribution in [2.24, 2.45) is 5.73 Å². The quantitative estimate of drug-likeness (QED) is 0.580. The summed E-state index contributed by atoms with van der Waals surface area (Å²) in [5, 5.41) is 17.2. The minimum absolute atomic E-state index is 0.00111. The highest BCUT2D eigenvalue weighted by Gasteiger charge is 2.28. The van der Waals surface area contributed by atoms with Gasteiger partial charge in [-0.25, -0.2) is 0 Å². The molecule has 1 heterocycles. The number of hydrogen-bond donors (Lipinski definition) is 3. The van der Waals surface area contributed by atoms with Gasteiger partial charge in [-0.2, -0.15) is 0 Å². The number of benzene rings is 1. The summed E-state index contributed by atoms with van der Waals surface area (Å²) < 4.78 is 0. The van der Waals surface area contributed by atoms with E-state index in [9.17, 15) is 14.9 Å². The normalized spacial score (nSPS) is 24.3. The summed E-state index contributed by atoms with van der Waals surface area (Å²) in [7, 11) is 0. The lowest BCUT2D eigenvalue weighted by Crippen LogP contribution is -2.42. The molecule has 7 nitrogen and oxygen atoms in total. The van der Waals surface area contributed by atoms with E-state index in [0.29, 0.717) is 16.9 Å². The third kappa shape index (κ3) is 2.69. The Hall–Kier alpha value is -2.15. The Morgan fingerprint density at radius 3 is 2.81 bits per heavy atom. The molecule has 0 saturated heterocycles. The number of carbonyl (C=O) groups is 1. The summed E-state index contributed by atoms with van der Waals surface area (Å²) in [5.74, 6) is -0.134. The Bertz CT molecular complexity index is 602. The fourth-order valence-electron chi connectivity index (χ4n) is 3.07. The van der Waals surface area contributed by atoms with Crippen molar-refractivity contribution in [2.75, 3.05) is 10.6 Å². The van der Waals surface area contributed by atoms with Gasteiger partial charge < -0.3 is 16.4 Å². The van der Waals surface area contributed by atoms with Crippen LogP contribution >= 0.6 is 0 Å². The summed E-state index contributed by atoms with van der Waals surface area (Å²) in [6, 6.07) is 3.16. The van der Waals surface area contributed by atoms with Gasteiger partial charge in [-0.1, -0.05) is 12.8 Å². The topological polar surface area (TPSA) is 110 Å². The van der Waals surface area contributed by atoms with Gasteiger partial charge in [0.05, 0.1) is 11.3 Å². The minimum atomic E-state index is -0.417. The molecule has 1 aliphatic carbocycles. The monoisotopic (exact) mass is 290 g/mol. The zero-order chi connectivity index (χ0) is 15.0. The van der Waals surface area contributed by atoms with Crippen LogP contribution < -0.4 is 16.4 Å². The SMILES string of the molecule is NC1CCCCC1Nc1cc2c(cc1[N+](=O)[O-])CC(=O)N2. The molecule has 0 aromatic heterocycles. The number of nitrogens with one attached hydrogen (secondary N) is 2. The predicted octanol–water partition coefficient (Wildman–Crippen LogP) is 1.77. The third-order valence-corrected chi connectivity index (χ3v) is 4.20. The number of anilines is 2. The Balaban J connectivity index is 1.91. The van der Waals surface area contributed by atoms with Gasteiger partial charge in [-0.05, 0) is 24.5 Å². The van der Waals surface area contributed by atoms with Crippen molar-refractivity contribution in [1.82, 2.24) is 0 Å². The van der Waals surface area contributed by atoms with Crippen LogP contribution in [0.2, 0.25) is 0 Å². The second-order valence-corrected chi connectivity index (χ2v) is 5.71. The standard InChI is InChI=1S/C14H18N4O3/c15-9-3-1-2-4-10(9)16-12-7-11-8(6-14(19)17-11)5-13(12)18(20)21/h5,7,9-10,16H,1-4,6,15H2,(H,17,19). The Morgan fingerprint density at radius 1 is 1.33 bits per heavy atom. The van der Waals surface area contributed by atoms with Crippen molar-refractivity contribution in [3.05, 3.63) is 27.8 Å². The molecule has 1 aromatic rings. The molecular formula is C14H18N4O3. The molecular weight excluding hydrogens is 272 g/mol. The van der Waals surface area contributed by atoms with E-state index in [1.165, 1.54) is 6.07 Å². The molecule has 2 aliphatic rings. The first-order valence-corrected chi connectivity index (χ1v) is 7.18. The molecule has 21 heavy (non-hydrogen) atoms. The van der Waals surface area contributed by atoms with Crippen molar-refractivity contribution in [1.29, 1.82) is 0 Å². The number of nitro groups is 1. The van der Waals surface area contributed by atoms with E-state index in [-0.39, 0.29) is 30.1 Å². The molecule has 1 fully saturated rings. The second kappa shape index (κ2) is 5.33. The molecule has 112 valence electrons. The third-order valence-electron chi connectivity index (χ3n) is 4.20. The van der Waals surface area contributed by atoms with Crippen molar-refractivity contribution < 1.29 is 9.72 Å². The van der Waals surface area contributed by atoms with E-state index in [1.807, 2.05) is 0 Å². The smallest absolute Gasteiger partial charge is 0.292 e. The van der Waals surface area contributed by atoms with Crippen LogP contribution in [0.3, 0.4) is 0 Å². The number of rotatable bonds is 3. The maximum atomic E-state index is 11.4. The Labute approximate surface area is 122 Å². The lowest BCUT2D eigenvalue weighted by atomic mass is 9.90. The Kier molecular flexibility index (Phi) is 3.50. The highest BCUT2D eigenvalue weighted by atomic mass is 16.6. The first-order chi connectivity index (χ1) is 10.0. The van der Waals surface area contributed by atoms with Crippen molar-refractivity contribution in [3.8, 4) is 0 Å². The molecule has 0 spiro atoms. The fraction of sp³-hybridized carbons (Fsp3) is 0.500. The van der Waals surface area contributed by atoms with Gasteiger partial charge in [-0.15, -0.1) is 0 Å². The molecule has 1 aromatic carbocycles. The second-order valence-electron chi connectivity index (χ2n) is 5.71. The molecule has 1 amide bonds. The van der Waals surface area contributed by atoms with Crippen molar-refractivity contribution in [2.45, 2.75) is 44.2 Å². The first kappa shape index (κ1) is 13.8. The van der Waals surface area contributed by atoms with E-state index in [0.717, 1.165) is 25.7 Å². The number of carbonyl (C=O) groups excluding carboxylic acids is 1. The lowest BCUT2D eigenvalue weighted by Gasteiger charge is -2.30. The van der Waals surface area contributed by atoms with Gasteiger partial charge in [-0.3, -0.25) is 14.9 Å². The molecule has 1 saturated carbocycles. The number of fused-ring (bicyclic) bond motifs is 1. The number of nitrogens with two attached hydrogens (primary N) is 1. The van der Waals surface area contributed by atoms with Crippen LogP contribution in [0.25, 0.3) is 0 Å². The van der Waals surface area contributed by atoms with Crippen molar-refractivity contribution >= 4 is 23.0 Å². The number of nitrogens with zero attached hydrogens (tertiary/aromatic N) is 1. The Morgan fingerprint density at radius 2 is 2.10 bits per heavy atom. The maximum Gasteiger partial charge on any atom is 0.292 e. The zero-order valence-electron chi connectivity index (χ0n) is 11.6. The van der Waals surface area contributed by atoms with E-state index in [2.05, 4.69) is 10.6 Å². The van der Waals surface area contributed by atoms with Crippen LogP contribution in [-0.4, -0.2) is 22.9 Å². The van der Waals surface area contributed by atoms with Crippen LogP contribution in [0, 0.1) is 10.1 Å². The molecule has 1 aliphatic heterocycles. The van der Waals surface area contributed by atoms with Crippen LogP contribution in [0.15, 0.2) is 12.1 Å². The van der Waals surface area contributed by atoms with E-state index in [1.54, 1.807) is 6.07 Å². The molecule has 0 radical (unpaired) electrons. The lowest BCUT2D eigenvalue weighted by molar-refractivity contribution is -0.384. The average Bonchev–Trinajstić information content (AvgIpc) is 2.79. The van der Waals surface area contributed by atoms with E-state index >= 15 is 0 Å². The molecule has 3 rings (SSSR count). The first-order valence-electron chi connectivity index (χ1n) is 7.18.